The maximum absolute atomic E-state index is 13.2. The number of amides is 2. The third kappa shape index (κ3) is 4.98. The molecule has 6 nitrogen and oxygen atoms in total. The lowest BCUT2D eigenvalue weighted by Gasteiger charge is -2.19. The second kappa shape index (κ2) is 9.39. The molecule has 2 amide bonds. The number of benzene rings is 3. The Hall–Kier alpha value is -4.06. The fourth-order valence-corrected chi connectivity index (χ4v) is 3.59. The van der Waals surface area contributed by atoms with E-state index < -0.39 is 12.1 Å². The Balaban J connectivity index is 1.57. The SMILES string of the molecule is Cc1ccc(C)c(NC(=O)[C@H](Cc2c[nH]c3ccccc23)NC(=O)Oc2ccccc2)c1. The van der Waals surface area contributed by atoms with Gasteiger partial charge in [-0.1, -0.05) is 48.5 Å². The molecule has 0 spiro atoms. The molecule has 0 fully saturated rings. The monoisotopic (exact) mass is 427 g/mol. The van der Waals surface area contributed by atoms with Crippen molar-refractivity contribution in [3.8, 4) is 5.75 Å². The second-order valence-corrected chi connectivity index (χ2v) is 7.77. The number of ether oxygens (including phenoxy) is 1. The molecule has 0 aliphatic heterocycles. The molecule has 0 radical (unpaired) electrons. The summed E-state index contributed by atoms with van der Waals surface area (Å²) in [6.07, 6.45) is 1.50. The van der Waals surface area contributed by atoms with Crippen LogP contribution >= 0.6 is 0 Å². The number of aryl methyl sites for hydroxylation is 2. The van der Waals surface area contributed by atoms with Crippen LogP contribution in [0.4, 0.5) is 10.5 Å². The van der Waals surface area contributed by atoms with E-state index in [1.807, 2.05) is 68.6 Å². The number of hydrogen-bond donors (Lipinski definition) is 3. The summed E-state index contributed by atoms with van der Waals surface area (Å²) in [6.45, 7) is 3.90. The lowest BCUT2D eigenvalue weighted by molar-refractivity contribution is -0.118. The van der Waals surface area contributed by atoms with E-state index >= 15 is 0 Å². The minimum atomic E-state index is -0.828. The van der Waals surface area contributed by atoms with Crippen LogP contribution in [0.1, 0.15) is 16.7 Å². The lowest BCUT2D eigenvalue weighted by Crippen LogP contribution is -2.46. The predicted octanol–water partition coefficient (Wildman–Crippen LogP) is 5.12. The van der Waals surface area contributed by atoms with Crippen LogP contribution in [0.2, 0.25) is 0 Å². The zero-order chi connectivity index (χ0) is 22.5. The van der Waals surface area contributed by atoms with Gasteiger partial charge in [0.15, 0.2) is 0 Å². The van der Waals surface area contributed by atoms with Gasteiger partial charge in [0.2, 0.25) is 5.91 Å². The van der Waals surface area contributed by atoms with Gasteiger partial charge in [0.1, 0.15) is 11.8 Å². The summed E-state index contributed by atoms with van der Waals surface area (Å²) in [4.78, 5) is 29.0. The number of aromatic amines is 1. The summed E-state index contributed by atoms with van der Waals surface area (Å²) < 4.78 is 5.36. The maximum Gasteiger partial charge on any atom is 0.413 e. The van der Waals surface area contributed by atoms with Crippen molar-refractivity contribution in [3.63, 3.8) is 0 Å². The Morgan fingerprint density at radius 2 is 1.72 bits per heavy atom. The van der Waals surface area contributed by atoms with Gasteiger partial charge in [-0.3, -0.25) is 4.79 Å². The number of hydrogen-bond acceptors (Lipinski definition) is 3. The van der Waals surface area contributed by atoms with Crippen LogP contribution in [0.25, 0.3) is 10.9 Å². The summed E-state index contributed by atoms with van der Waals surface area (Å²) in [5.74, 6) is 0.0970. The zero-order valence-electron chi connectivity index (χ0n) is 18.0. The molecule has 0 saturated heterocycles. The number of aromatic nitrogens is 1. The molecule has 3 N–H and O–H groups in total. The van der Waals surface area contributed by atoms with Crippen LogP contribution in [0.3, 0.4) is 0 Å². The fourth-order valence-electron chi connectivity index (χ4n) is 3.59. The van der Waals surface area contributed by atoms with Crippen LogP contribution in [-0.2, 0) is 11.2 Å². The first-order valence-corrected chi connectivity index (χ1v) is 10.5. The normalized spacial score (nSPS) is 11.7. The molecule has 0 aliphatic carbocycles. The standard InChI is InChI=1S/C26H25N3O3/c1-17-12-13-18(2)23(14-17)28-25(30)24(29-26(31)32-20-8-4-3-5-9-20)15-19-16-27-22-11-7-6-10-21(19)22/h3-14,16,24,27H,15H2,1-2H3,(H,28,30)(H,29,31)/t24-/m0/s1. The first-order chi connectivity index (χ1) is 15.5. The number of nitrogens with one attached hydrogen (secondary N) is 3. The Morgan fingerprint density at radius 3 is 2.53 bits per heavy atom. The van der Waals surface area contributed by atoms with Crippen LogP contribution in [0.5, 0.6) is 5.75 Å². The van der Waals surface area contributed by atoms with Crippen molar-refractivity contribution in [2.75, 3.05) is 5.32 Å². The number of carbonyl (C=O) groups excluding carboxylic acids is 2. The quantitative estimate of drug-likeness (QED) is 0.399. The van der Waals surface area contributed by atoms with Crippen molar-refractivity contribution in [3.05, 3.63) is 95.7 Å². The minimum Gasteiger partial charge on any atom is -0.410 e. The molecule has 1 aromatic heterocycles. The summed E-state index contributed by atoms with van der Waals surface area (Å²) in [6, 6.07) is 21.6. The molecular formula is C26H25N3O3. The highest BCUT2D eigenvalue weighted by molar-refractivity contribution is 5.98. The molecule has 162 valence electrons. The summed E-state index contributed by atoms with van der Waals surface area (Å²) >= 11 is 0. The van der Waals surface area contributed by atoms with Gasteiger partial charge >= 0.3 is 6.09 Å². The predicted molar refractivity (Wildman–Crippen MR) is 126 cm³/mol. The molecule has 6 heteroatoms. The van der Waals surface area contributed by atoms with E-state index in [9.17, 15) is 9.59 Å². The van der Waals surface area contributed by atoms with E-state index in [0.717, 1.165) is 33.3 Å². The summed E-state index contributed by atoms with van der Waals surface area (Å²) in [5.41, 5.74) is 4.61. The Bertz CT molecular complexity index is 1250. The number of anilines is 1. The van der Waals surface area contributed by atoms with E-state index in [1.165, 1.54) is 0 Å². The van der Waals surface area contributed by atoms with Crippen molar-refractivity contribution < 1.29 is 14.3 Å². The van der Waals surface area contributed by atoms with Gasteiger partial charge in [-0.25, -0.2) is 4.79 Å². The first kappa shape index (κ1) is 21.2. The van der Waals surface area contributed by atoms with Crippen LogP contribution in [0.15, 0.2) is 79.0 Å². The number of carbonyl (C=O) groups is 2. The van der Waals surface area contributed by atoms with Crippen molar-refractivity contribution in [2.45, 2.75) is 26.3 Å². The second-order valence-electron chi connectivity index (χ2n) is 7.77. The molecule has 32 heavy (non-hydrogen) atoms. The molecule has 0 saturated carbocycles. The van der Waals surface area contributed by atoms with Crippen molar-refractivity contribution in [2.24, 2.45) is 0 Å². The molecule has 3 aromatic carbocycles. The van der Waals surface area contributed by atoms with Crippen LogP contribution in [0, 0.1) is 13.8 Å². The van der Waals surface area contributed by atoms with Gasteiger partial charge < -0.3 is 20.4 Å². The van der Waals surface area contributed by atoms with Crippen molar-refractivity contribution in [1.29, 1.82) is 0 Å². The molecule has 4 rings (SSSR count). The van der Waals surface area contributed by atoms with Crippen molar-refractivity contribution >= 4 is 28.6 Å². The van der Waals surface area contributed by atoms with E-state index in [-0.39, 0.29) is 5.91 Å². The van der Waals surface area contributed by atoms with E-state index in [0.29, 0.717) is 12.2 Å². The highest BCUT2D eigenvalue weighted by atomic mass is 16.6. The molecule has 4 aromatic rings. The number of fused-ring (bicyclic) bond motifs is 1. The molecule has 0 unspecified atom stereocenters. The first-order valence-electron chi connectivity index (χ1n) is 10.5. The lowest BCUT2D eigenvalue weighted by atomic mass is 10.0. The van der Waals surface area contributed by atoms with Gasteiger partial charge in [0.05, 0.1) is 0 Å². The average Bonchev–Trinajstić information content (AvgIpc) is 3.19. The Morgan fingerprint density at radius 1 is 0.969 bits per heavy atom. The Kier molecular flexibility index (Phi) is 6.22. The molecule has 0 aliphatic rings. The third-order valence-electron chi connectivity index (χ3n) is 5.31. The van der Waals surface area contributed by atoms with Gasteiger partial charge in [-0.2, -0.15) is 0 Å². The maximum atomic E-state index is 13.2. The third-order valence-corrected chi connectivity index (χ3v) is 5.31. The zero-order valence-corrected chi connectivity index (χ0v) is 18.0. The minimum absolute atomic E-state index is 0.310. The highest BCUT2D eigenvalue weighted by Gasteiger charge is 2.24. The number of para-hydroxylation sites is 2. The summed E-state index contributed by atoms with van der Waals surface area (Å²) in [7, 11) is 0. The smallest absolute Gasteiger partial charge is 0.410 e. The van der Waals surface area contributed by atoms with Crippen LogP contribution < -0.4 is 15.4 Å². The number of rotatable bonds is 6. The number of H-pyrrole nitrogens is 1. The molecule has 1 atom stereocenters. The highest BCUT2D eigenvalue weighted by Crippen LogP contribution is 2.21. The fraction of sp³-hybridized carbons (Fsp3) is 0.154. The van der Waals surface area contributed by atoms with Gasteiger partial charge in [0, 0.05) is 29.2 Å². The van der Waals surface area contributed by atoms with Crippen LogP contribution in [-0.4, -0.2) is 23.0 Å². The average molecular weight is 428 g/mol. The van der Waals surface area contributed by atoms with Crippen molar-refractivity contribution in [1.82, 2.24) is 10.3 Å². The summed E-state index contributed by atoms with van der Waals surface area (Å²) in [5, 5.41) is 6.71. The van der Waals surface area contributed by atoms with Gasteiger partial charge in [-0.05, 0) is 54.8 Å². The van der Waals surface area contributed by atoms with E-state index in [1.54, 1.807) is 24.3 Å². The topological polar surface area (TPSA) is 83.2 Å². The Labute approximate surface area is 186 Å². The van der Waals surface area contributed by atoms with Gasteiger partial charge in [-0.15, -0.1) is 0 Å². The van der Waals surface area contributed by atoms with E-state index in [2.05, 4.69) is 15.6 Å². The molecule has 1 heterocycles. The van der Waals surface area contributed by atoms with Gasteiger partial charge in [0.25, 0.3) is 0 Å². The molecular weight excluding hydrogens is 402 g/mol. The largest absolute Gasteiger partial charge is 0.413 e. The molecule has 0 bridgehead atoms. The van der Waals surface area contributed by atoms with E-state index in [4.69, 9.17) is 4.74 Å².